The van der Waals surface area contributed by atoms with Crippen LogP contribution in [0.25, 0.3) is 0 Å². The molecule has 3 nitrogen and oxygen atoms in total. The number of aliphatic hydroxyl groups is 1. The smallest absolute Gasteiger partial charge is 0.119 e. The van der Waals surface area contributed by atoms with Crippen LogP contribution >= 0.6 is 24.0 Å². The van der Waals surface area contributed by atoms with Crippen molar-refractivity contribution < 1.29 is 9.84 Å². The lowest BCUT2D eigenvalue weighted by molar-refractivity contribution is 0.104. The SMILES string of the molecule is Cc1ccc(OCC(O)CNC(C)c2cccc(Cl)c2)cc1C.Cl. The highest BCUT2D eigenvalue weighted by molar-refractivity contribution is 6.30. The van der Waals surface area contributed by atoms with Crippen molar-refractivity contribution in [1.82, 2.24) is 5.32 Å². The summed E-state index contributed by atoms with van der Waals surface area (Å²) in [7, 11) is 0. The van der Waals surface area contributed by atoms with Crippen molar-refractivity contribution in [2.45, 2.75) is 32.9 Å². The van der Waals surface area contributed by atoms with Gasteiger partial charge in [-0.05, 0) is 61.7 Å². The molecule has 0 radical (unpaired) electrons. The second kappa shape index (κ2) is 9.90. The van der Waals surface area contributed by atoms with Crippen molar-refractivity contribution in [1.29, 1.82) is 0 Å². The largest absolute Gasteiger partial charge is 0.491 e. The molecule has 0 aliphatic heterocycles. The van der Waals surface area contributed by atoms with E-state index in [-0.39, 0.29) is 25.1 Å². The van der Waals surface area contributed by atoms with E-state index in [1.807, 2.05) is 56.3 Å². The summed E-state index contributed by atoms with van der Waals surface area (Å²) in [5.74, 6) is 0.787. The van der Waals surface area contributed by atoms with Crippen LogP contribution in [0.5, 0.6) is 5.75 Å². The number of aliphatic hydroxyl groups excluding tert-OH is 1. The van der Waals surface area contributed by atoms with Crippen LogP contribution < -0.4 is 10.1 Å². The third-order valence-corrected chi connectivity index (χ3v) is 4.16. The summed E-state index contributed by atoms with van der Waals surface area (Å²) in [5.41, 5.74) is 3.51. The third-order valence-electron chi connectivity index (χ3n) is 3.93. The van der Waals surface area contributed by atoms with E-state index in [9.17, 15) is 5.11 Å². The summed E-state index contributed by atoms with van der Waals surface area (Å²) in [4.78, 5) is 0. The van der Waals surface area contributed by atoms with E-state index in [4.69, 9.17) is 16.3 Å². The van der Waals surface area contributed by atoms with Crippen molar-refractivity contribution in [3.8, 4) is 5.75 Å². The molecule has 0 amide bonds. The Bertz CT molecular complexity index is 649. The zero-order valence-electron chi connectivity index (χ0n) is 14.3. The number of benzene rings is 2. The molecule has 2 aromatic rings. The van der Waals surface area contributed by atoms with E-state index < -0.39 is 6.10 Å². The Morgan fingerprint density at radius 2 is 1.88 bits per heavy atom. The van der Waals surface area contributed by atoms with E-state index in [1.165, 1.54) is 11.1 Å². The molecular formula is C19H25Cl2NO2. The van der Waals surface area contributed by atoms with Crippen LogP contribution in [0.3, 0.4) is 0 Å². The first-order valence-corrected chi connectivity index (χ1v) is 8.20. The molecule has 0 aliphatic carbocycles. The van der Waals surface area contributed by atoms with Gasteiger partial charge >= 0.3 is 0 Å². The highest BCUT2D eigenvalue weighted by Crippen LogP contribution is 2.18. The first kappa shape index (κ1) is 20.8. The van der Waals surface area contributed by atoms with E-state index in [1.54, 1.807) is 0 Å². The molecule has 0 aromatic heterocycles. The Hall–Kier alpha value is -1.26. The molecule has 2 atom stereocenters. The van der Waals surface area contributed by atoms with Gasteiger partial charge in [0.2, 0.25) is 0 Å². The Labute approximate surface area is 155 Å². The molecule has 0 bridgehead atoms. The third kappa shape index (κ3) is 6.33. The molecule has 0 aliphatic rings. The summed E-state index contributed by atoms with van der Waals surface area (Å²) < 4.78 is 5.65. The molecule has 132 valence electrons. The lowest BCUT2D eigenvalue weighted by Crippen LogP contribution is -2.33. The van der Waals surface area contributed by atoms with Gasteiger partial charge < -0.3 is 15.2 Å². The zero-order valence-corrected chi connectivity index (χ0v) is 15.8. The average molecular weight is 370 g/mol. The van der Waals surface area contributed by atoms with Crippen LogP contribution in [-0.4, -0.2) is 24.4 Å². The molecule has 0 fully saturated rings. The number of hydrogen-bond donors (Lipinski definition) is 2. The van der Waals surface area contributed by atoms with Crippen molar-refractivity contribution in [3.63, 3.8) is 0 Å². The number of halogens is 2. The number of nitrogens with one attached hydrogen (secondary N) is 1. The maximum atomic E-state index is 10.1. The highest BCUT2D eigenvalue weighted by Gasteiger charge is 2.10. The number of aryl methyl sites for hydroxylation is 2. The molecule has 0 saturated carbocycles. The van der Waals surface area contributed by atoms with Crippen molar-refractivity contribution >= 4 is 24.0 Å². The van der Waals surface area contributed by atoms with Gasteiger partial charge in [-0.1, -0.05) is 29.8 Å². The monoisotopic (exact) mass is 369 g/mol. The van der Waals surface area contributed by atoms with Gasteiger partial charge in [0, 0.05) is 17.6 Å². The minimum atomic E-state index is -0.571. The standard InChI is InChI=1S/C19H24ClNO2.ClH/c1-13-7-8-19(9-14(13)2)23-12-18(22)11-21-15(3)16-5-4-6-17(20)10-16;/h4-10,15,18,21-22H,11-12H2,1-3H3;1H. The normalized spacial score (nSPS) is 13.0. The predicted octanol–water partition coefficient (Wildman–Crippen LogP) is 4.47. The summed E-state index contributed by atoms with van der Waals surface area (Å²) >= 11 is 6.00. The van der Waals surface area contributed by atoms with Crippen molar-refractivity contribution in [2.24, 2.45) is 0 Å². The average Bonchev–Trinajstić information content (AvgIpc) is 2.53. The van der Waals surface area contributed by atoms with Gasteiger partial charge in [0.05, 0.1) is 0 Å². The first-order chi connectivity index (χ1) is 11.0. The van der Waals surface area contributed by atoms with Crippen LogP contribution in [-0.2, 0) is 0 Å². The van der Waals surface area contributed by atoms with Crippen LogP contribution in [0.2, 0.25) is 5.02 Å². The lowest BCUT2D eigenvalue weighted by Gasteiger charge is -2.18. The molecule has 0 spiro atoms. The molecule has 0 saturated heterocycles. The summed E-state index contributed by atoms with van der Waals surface area (Å²) in [6, 6.07) is 13.8. The second-order valence-electron chi connectivity index (χ2n) is 5.90. The fraction of sp³-hybridized carbons (Fsp3) is 0.368. The Balaban J connectivity index is 0.00000288. The van der Waals surface area contributed by atoms with E-state index in [0.29, 0.717) is 6.54 Å². The summed E-state index contributed by atoms with van der Waals surface area (Å²) in [6.07, 6.45) is -0.571. The van der Waals surface area contributed by atoms with Gasteiger partial charge in [0.1, 0.15) is 18.5 Å². The highest BCUT2D eigenvalue weighted by atomic mass is 35.5. The minimum absolute atomic E-state index is 0. The molecule has 2 aromatic carbocycles. The quantitative estimate of drug-likeness (QED) is 0.756. The number of rotatable bonds is 7. The van der Waals surface area contributed by atoms with Crippen LogP contribution in [0, 0.1) is 13.8 Å². The Morgan fingerprint density at radius 3 is 2.54 bits per heavy atom. The van der Waals surface area contributed by atoms with Gasteiger partial charge in [0.15, 0.2) is 0 Å². The molecule has 2 rings (SSSR count). The zero-order chi connectivity index (χ0) is 16.8. The van der Waals surface area contributed by atoms with Gasteiger partial charge in [-0.2, -0.15) is 0 Å². The van der Waals surface area contributed by atoms with Gasteiger partial charge in [-0.25, -0.2) is 0 Å². The van der Waals surface area contributed by atoms with Crippen LogP contribution in [0.15, 0.2) is 42.5 Å². The van der Waals surface area contributed by atoms with Gasteiger partial charge in [-0.15, -0.1) is 12.4 Å². The van der Waals surface area contributed by atoms with E-state index in [0.717, 1.165) is 16.3 Å². The maximum Gasteiger partial charge on any atom is 0.119 e. The number of ether oxygens (including phenoxy) is 1. The van der Waals surface area contributed by atoms with Crippen molar-refractivity contribution in [2.75, 3.05) is 13.2 Å². The van der Waals surface area contributed by atoms with E-state index >= 15 is 0 Å². The summed E-state index contributed by atoms with van der Waals surface area (Å²) in [6.45, 7) is 6.88. The van der Waals surface area contributed by atoms with E-state index in [2.05, 4.69) is 12.2 Å². The molecule has 2 N–H and O–H groups in total. The molecule has 2 unspecified atom stereocenters. The Kier molecular flexibility index (Phi) is 8.57. The predicted molar refractivity (Wildman–Crippen MR) is 103 cm³/mol. The van der Waals surface area contributed by atoms with Gasteiger partial charge in [0.25, 0.3) is 0 Å². The topological polar surface area (TPSA) is 41.5 Å². The van der Waals surface area contributed by atoms with Gasteiger partial charge in [-0.3, -0.25) is 0 Å². The molecule has 5 heteroatoms. The Morgan fingerprint density at radius 1 is 1.12 bits per heavy atom. The van der Waals surface area contributed by atoms with Crippen molar-refractivity contribution in [3.05, 3.63) is 64.2 Å². The fourth-order valence-electron chi connectivity index (χ4n) is 2.26. The first-order valence-electron chi connectivity index (χ1n) is 7.82. The summed E-state index contributed by atoms with van der Waals surface area (Å²) in [5, 5.41) is 14.1. The minimum Gasteiger partial charge on any atom is -0.491 e. The molecule has 0 heterocycles. The molecule has 24 heavy (non-hydrogen) atoms. The second-order valence-corrected chi connectivity index (χ2v) is 6.33. The molecular weight excluding hydrogens is 345 g/mol. The lowest BCUT2D eigenvalue weighted by atomic mass is 10.1. The fourth-order valence-corrected chi connectivity index (χ4v) is 2.46. The number of hydrogen-bond acceptors (Lipinski definition) is 3. The van der Waals surface area contributed by atoms with Crippen LogP contribution in [0.1, 0.15) is 29.7 Å². The maximum absolute atomic E-state index is 10.1. The van der Waals surface area contributed by atoms with Crippen LogP contribution in [0.4, 0.5) is 0 Å².